The van der Waals surface area contributed by atoms with Crippen molar-refractivity contribution in [2.75, 3.05) is 12.9 Å². The Balaban J connectivity index is 1.71. The Morgan fingerprint density at radius 2 is 1.93 bits per heavy atom. The molecule has 2 N–H and O–H groups in total. The number of hydrogen-bond donors (Lipinski definition) is 1. The number of thioether (sulfide) groups is 1. The lowest BCUT2D eigenvalue weighted by Crippen LogP contribution is -2.33. The van der Waals surface area contributed by atoms with Crippen LogP contribution >= 0.6 is 35.0 Å². The van der Waals surface area contributed by atoms with Gasteiger partial charge in [-0.05, 0) is 30.7 Å². The Hall–Kier alpha value is -2.22. The Morgan fingerprint density at radius 3 is 2.61 bits per heavy atom. The third-order valence-electron chi connectivity index (χ3n) is 4.11. The van der Waals surface area contributed by atoms with E-state index in [1.807, 2.05) is 37.3 Å². The third-order valence-corrected chi connectivity index (χ3v) is 5.70. The molecule has 2 aromatic carbocycles. The van der Waals surface area contributed by atoms with E-state index in [-0.39, 0.29) is 11.2 Å². The number of carbonyl (C=O) groups is 1. The van der Waals surface area contributed by atoms with E-state index in [2.05, 4.69) is 10.2 Å². The molecule has 3 rings (SSSR count). The summed E-state index contributed by atoms with van der Waals surface area (Å²) in [5, 5.41) is 9.22. The van der Waals surface area contributed by atoms with Crippen molar-refractivity contribution in [1.82, 2.24) is 19.8 Å². The summed E-state index contributed by atoms with van der Waals surface area (Å²) >= 11 is 13.4. The van der Waals surface area contributed by atoms with Gasteiger partial charge in [0.15, 0.2) is 5.82 Å². The number of nitrogen functional groups attached to an aromatic ring is 1. The first kappa shape index (κ1) is 20.5. The van der Waals surface area contributed by atoms with Crippen molar-refractivity contribution in [3.05, 3.63) is 64.1 Å². The van der Waals surface area contributed by atoms with Gasteiger partial charge in [-0.2, -0.15) is 0 Å². The maximum Gasteiger partial charge on any atom is 0.235 e. The minimum atomic E-state index is -0.381. The molecule has 28 heavy (non-hydrogen) atoms. The van der Waals surface area contributed by atoms with Gasteiger partial charge < -0.3 is 10.7 Å². The summed E-state index contributed by atoms with van der Waals surface area (Å²) in [6.07, 6.45) is 0. The molecule has 0 saturated carbocycles. The van der Waals surface area contributed by atoms with Crippen LogP contribution in [0.4, 0.5) is 0 Å². The van der Waals surface area contributed by atoms with Crippen LogP contribution in [0.5, 0.6) is 0 Å². The number of benzene rings is 2. The van der Waals surface area contributed by atoms with Gasteiger partial charge in [-0.25, -0.2) is 4.68 Å². The van der Waals surface area contributed by atoms with Gasteiger partial charge in [0, 0.05) is 24.2 Å². The highest BCUT2D eigenvalue weighted by molar-refractivity contribution is 8.00. The molecule has 1 heterocycles. The maximum atomic E-state index is 12.7. The van der Waals surface area contributed by atoms with Crippen molar-refractivity contribution in [2.45, 2.75) is 23.9 Å². The Morgan fingerprint density at radius 1 is 1.21 bits per heavy atom. The first-order valence-electron chi connectivity index (χ1n) is 8.48. The highest BCUT2D eigenvalue weighted by Gasteiger charge is 2.23. The zero-order valence-electron chi connectivity index (χ0n) is 15.3. The molecule has 0 fully saturated rings. The fraction of sp³-hybridized carbons (Fsp3) is 0.211. The lowest BCUT2D eigenvalue weighted by molar-refractivity contribution is -0.129. The minimum absolute atomic E-state index is 0.0251. The van der Waals surface area contributed by atoms with E-state index < -0.39 is 0 Å². The normalized spacial score (nSPS) is 12.0. The molecule has 3 aromatic rings. The summed E-state index contributed by atoms with van der Waals surface area (Å²) in [6.45, 7) is 2.35. The van der Waals surface area contributed by atoms with Gasteiger partial charge in [0.05, 0.1) is 10.3 Å². The van der Waals surface area contributed by atoms with E-state index in [0.29, 0.717) is 33.1 Å². The summed E-state index contributed by atoms with van der Waals surface area (Å²) in [5.74, 6) is 6.52. The number of hydrogen-bond acceptors (Lipinski definition) is 5. The number of nitrogens with zero attached hydrogens (tertiary/aromatic N) is 4. The van der Waals surface area contributed by atoms with Crippen molar-refractivity contribution in [3.63, 3.8) is 0 Å². The molecule has 0 aliphatic rings. The van der Waals surface area contributed by atoms with Crippen LogP contribution in [0.2, 0.25) is 10.0 Å². The molecule has 0 saturated heterocycles. The molecule has 1 unspecified atom stereocenters. The number of carbonyl (C=O) groups excluding carboxylic acids is 1. The molecule has 146 valence electrons. The molecule has 1 atom stereocenters. The predicted molar refractivity (Wildman–Crippen MR) is 114 cm³/mol. The van der Waals surface area contributed by atoms with Gasteiger partial charge in [-0.15, -0.1) is 10.2 Å². The van der Waals surface area contributed by atoms with Crippen LogP contribution in [-0.2, 0) is 11.3 Å². The van der Waals surface area contributed by atoms with Gasteiger partial charge in [0.25, 0.3) is 0 Å². The summed E-state index contributed by atoms with van der Waals surface area (Å²) in [5.41, 5.74) is 1.69. The Kier molecular flexibility index (Phi) is 6.49. The summed E-state index contributed by atoms with van der Waals surface area (Å²) in [7, 11) is 1.78. The molecule has 0 radical (unpaired) electrons. The molecule has 0 aliphatic carbocycles. The summed E-state index contributed by atoms with van der Waals surface area (Å²) in [4.78, 5) is 14.4. The monoisotopic (exact) mass is 435 g/mol. The minimum Gasteiger partial charge on any atom is -0.340 e. The molecule has 0 spiro atoms. The topological polar surface area (TPSA) is 77.0 Å². The van der Waals surface area contributed by atoms with Crippen LogP contribution in [0.3, 0.4) is 0 Å². The highest BCUT2D eigenvalue weighted by atomic mass is 35.5. The Bertz CT molecular complexity index is 980. The fourth-order valence-electron chi connectivity index (χ4n) is 2.67. The molecule has 6 nitrogen and oxygen atoms in total. The quantitative estimate of drug-likeness (QED) is 0.465. The van der Waals surface area contributed by atoms with Crippen LogP contribution in [0, 0.1) is 0 Å². The van der Waals surface area contributed by atoms with Crippen LogP contribution < -0.4 is 5.84 Å². The number of nitrogens with two attached hydrogens (primary N) is 1. The predicted octanol–water partition coefficient (Wildman–Crippen LogP) is 4.10. The first-order chi connectivity index (χ1) is 13.4. The Labute approximate surface area is 177 Å². The summed E-state index contributed by atoms with van der Waals surface area (Å²) in [6, 6.07) is 14.9. The first-order valence-corrected chi connectivity index (χ1v) is 10.1. The van der Waals surface area contributed by atoms with Crippen LogP contribution in [0.15, 0.2) is 53.7 Å². The van der Waals surface area contributed by atoms with Gasteiger partial charge in [-0.3, -0.25) is 4.79 Å². The van der Waals surface area contributed by atoms with Gasteiger partial charge in [0.2, 0.25) is 11.1 Å². The van der Waals surface area contributed by atoms with E-state index in [0.717, 1.165) is 5.56 Å². The van der Waals surface area contributed by atoms with Crippen molar-refractivity contribution < 1.29 is 4.79 Å². The molecule has 1 amide bonds. The average Bonchev–Trinajstić information content (AvgIpc) is 3.02. The van der Waals surface area contributed by atoms with Crippen molar-refractivity contribution in [2.24, 2.45) is 0 Å². The molecule has 0 bridgehead atoms. The van der Waals surface area contributed by atoms with E-state index in [1.165, 1.54) is 16.4 Å². The van der Waals surface area contributed by atoms with Crippen molar-refractivity contribution >= 4 is 40.9 Å². The average molecular weight is 436 g/mol. The second-order valence-corrected chi connectivity index (χ2v) is 8.39. The van der Waals surface area contributed by atoms with Crippen molar-refractivity contribution in [3.8, 4) is 11.4 Å². The number of halogens is 2. The fourth-order valence-corrected chi connectivity index (χ4v) is 4.04. The van der Waals surface area contributed by atoms with E-state index >= 15 is 0 Å². The third kappa shape index (κ3) is 4.60. The van der Waals surface area contributed by atoms with E-state index in [1.54, 1.807) is 30.1 Å². The molecular formula is C19H19Cl2N5OS. The number of aromatic nitrogens is 3. The maximum absolute atomic E-state index is 12.7. The van der Waals surface area contributed by atoms with Gasteiger partial charge >= 0.3 is 0 Å². The van der Waals surface area contributed by atoms with Crippen LogP contribution in [0.25, 0.3) is 11.4 Å². The largest absolute Gasteiger partial charge is 0.340 e. The standard InChI is InChI=1S/C19H19Cl2N5OS/c1-12(18(27)25(2)11-13-6-4-3-5-7-13)28-19-24-23-17(26(19)22)15-9-8-14(20)10-16(15)21/h3-10,12H,11,22H2,1-2H3. The molecule has 1 aromatic heterocycles. The molecule has 0 aliphatic heterocycles. The second-order valence-electron chi connectivity index (χ2n) is 6.24. The van der Waals surface area contributed by atoms with Crippen LogP contribution in [0.1, 0.15) is 12.5 Å². The highest BCUT2D eigenvalue weighted by Crippen LogP contribution is 2.31. The zero-order chi connectivity index (χ0) is 20.3. The van der Waals surface area contributed by atoms with Crippen molar-refractivity contribution in [1.29, 1.82) is 0 Å². The second kappa shape index (κ2) is 8.86. The van der Waals surface area contributed by atoms with E-state index in [4.69, 9.17) is 29.0 Å². The van der Waals surface area contributed by atoms with E-state index in [9.17, 15) is 4.79 Å². The number of rotatable bonds is 6. The number of amides is 1. The molecular weight excluding hydrogens is 417 g/mol. The SMILES string of the molecule is CC(Sc1nnc(-c2ccc(Cl)cc2Cl)n1N)C(=O)N(C)Cc1ccccc1. The molecule has 9 heteroatoms. The van der Waals surface area contributed by atoms with Crippen LogP contribution in [-0.4, -0.2) is 38.0 Å². The lowest BCUT2D eigenvalue weighted by Gasteiger charge is -2.21. The smallest absolute Gasteiger partial charge is 0.235 e. The van der Waals surface area contributed by atoms with Gasteiger partial charge in [-0.1, -0.05) is 65.3 Å². The zero-order valence-corrected chi connectivity index (χ0v) is 17.7. The summed E-state index contributed by atoms with van der Waals surface area (Å²) < 4.78 is 1.33. The lowest BCUT2D eigenvalue weighted by atomic mass is 10.2. The van der Waals surface area contributed by atoms with Gasteiger partial charge in [0.1, 0.15) is 0 Å².